The van der Waals surface area contributed by atoms with Crippen LogP contribution >= 0.6 is 0 Å². The molecule has 3 rings (SSSR count). The molecule has 5 heteroatoms. The van der Waals surface area contributed by atoms with Crippen LogP contribution in [0.25, 0.3) is 6.08 Å². The van der Waals surface area contributed by atoms with Gasteiger partial charge in [-0.2, -0.15) is 0 Å². The molecule has 1 aliphatic carbocycles. The Hall–Kier alpha value is -1.62. The molecule has 112 valence electrons. The number of benzene rings is 1. The summed E-state index contributed by atoms with van der Waals surface area (Å²) in [6, 6.07) is 4.93. The van der Waals surface area contributed by atoms with Crippen molar-refractivity contribution < 1.29 is 18.3 Å². The highest BCUT2D eigenvalue weighted by Gasteiger charge is 2.44. The second-order valence-corrected chi connectivity index (χ2v) is 7.89. The zero-order valence-corrected chi connectivity index (χ0v) is 12.7. The third-order valence-corrected chi connectivity index (χ3v) is 6.44. The number of aliphatic carboxylic acids is 1. The SMILES string of the molecule is CC(C(=O)O)(c1ccc2c(c1)C=CS2(=O)=O)C1CCCC1. The van der Waals surface area contributed by atoms with E-state index >= 15 is 0 Å². The molecule has 1 saturated carbocycles. The third-order valence-electron chi connectivity index (χ3n) is 4.96. The van der Waals surface area contributed by atoms with E-state index in [1.54, 1.807) is 25.1 Å². The molecule has 0 radical (unpaired) electrons. The molecule has 2 aliphatic rings. The number of carbonyl (C=O) groups is 1. The van der Waals surface area contributed by atoms with E-state index in [1.165, 1.54) is 11.5 Å². The van der Waals surface area contributed by atoms with Crippen LogP contribution < -0.4 is 0 Å². The number of hydrogen-bond acceptors (Lipinski definition) is 3. The van der Waals surface area contributed by atoms with E-state index in [4.69, 9.17) is 0 Å². The zero-order valence-electron chi connectivity index (χ0n) is 11.9. The number of carboxylic acids is 1. The minimum absolute atomic E-state index is 0.107. The van der Waals surface area contributed by atoms with E-state index in [9.17, 15) is 18.3 Å². The summed E-state index contributed by atoms with van der Waals surface area (Å²) in [6.45, 7) is 1.76. The van der Waals surface area contributed by atoms with Crippen LogP contribution in [0.15, 0.2) is 28.5 Å². The first-order valence-electron chi connectivity index (χ1n) is 7.17. The predicted octanol–water partition coefficient (Wildman–Crippen LogP) is 2.98. The molecule has 1 unspecified atom stereocenters. The van der Waals surface area contributed by atoms with Gasteiger partial charge in [0.1, 0.15) is 0 Å². The highest BCUT2D eigenvalue weighted by Crippen LogP contribution is 2.43. The van der Waals surface area contributed by atoms with Crippen molar-refractivity contribution in [2.75, 3.05) is 0 Å². The second-order valence-electron chi connectivity index (χ2n) is 6.09. The molecule has 4 nitrogen and oxygen atoms in total. The van der Waals surface area contributed by atoms with Crippen LogP contribution in [0, 0.1) is 5.92 Å². The first kappa shape index (κ1) is 14.3. The van der Waals surface area contributed by atoms with Crippen molar-refractivity contribution in [3.05, 3.63) is 34.7 Å². The Morgan fingerprint density at radius 1 is 1.29 bits per heavy atom. The summed E-state index contributed by atoms with van der Waals surface area (Å²) in [6.07, 6.45) is 5.49. The van der Waals surface area contributed by atoms with Gasteiger partial charge in [-0.3, -0.25) is 4.79 Å². The number of rotatable bonds is 3. The van der Waals surface area contributed by atoms with Crippen LogP contribution in [0.3, 0.4) is 0 Å². The lowest BCUT2D eigenvalue weighted by Gasteiger charge is -2.32. The highest BCUT2D eigenvalue weighted by atomic mass is 32.2. The molecular formula is C16H18O4S. The van der Waals surface area contributed by atoms with Gasteiger partial charge in [0.05, 0.1) is 10.3 Å². The molecule has 1 atom stereocenters. The van der Waals surface area contributed by atoms with Gasteiger partial charge in [-0.1, -0.05) is 18.9 Å². The summed E-state index contributed by atoms with van der Waals surface area (Å²) in [7, 11) is -3.34. The molecule has 0 spiro atoms. The van der Waals surface area contributed by atoms with E-state index in [1.807, 2.05) is 0 Å². The molecule has 1 aliphatic heterocycles. The summed E-state index contributed by atoms with van der Waals surface area (Å²) >= 11 is 0. The lowest BCUT2D eigenvalue weighted by Crippen LogP contribution is -2.39. The van der Waals surface area contributed by atoms with E-state index < -0.39 is 21.2 Å². The summed E-state index contributed by atoms with van der Waals surface area (Å²) < 4.78 is 23.6. The van der Waals surface area contributed by atoms with Crippen LogP contribution in [0.5, 0.6) is 0 Å². The smallest absolute Gasteiger partial charge is 0.314 e. The topological polar surface area (TPSA) is 71.4 Å². The Balaban J connectivity index is 2.10. The van der Waals surface area contributed by atoms with Gasteiger partial charge in [0.15, 0.2) is 9.84 Å². The van der Waals surface area contributed by atoms with Crippen molar-refractivity contribution in [1.29, 1.82) is 0 Å². The van der Waals surface area contributed by atoms with Gasteiger partial charge in [0.2, 0.25) is 0 Å². The number of sulfone groups is 1. The molecule has 0 amide bonds. The summed E-state index contributed by atoms with van der Waals surface area (Å²) in [5.41, 5.74) is 0.339. The summed E-state index contributed by atoms with van der Waals surface area (Å²) in [5, 5.41) is 10.9. The number of hydrogen-bond donors (Lipinski definition) is 1. The molecule has 21 heavy (non-hydrogen) atoms. The molecule has 0 bridgehead atoms. The standard InChI is InChI=1S/C16H18O4S/c1-16(15(17)18,12-4-2-3-5-12)13-6-7-14-11(10-13)8-9-21(14,19)20/h6-10,12H,2-5H2,1H3,(H,17,18). The van der Waals surface area contributed by atoms with Crippen LogP contribution in [0.2, 0.25) is 0 Å². The lowest BCUT2D eigenvalue weighted by atomic mass is 9.70. The summed E-state index contributed by atoms with van der Waals surface area (Å²) in [4.78, 5) is 12.2. The third kappa shape index (κ3) is 2.11. The van der Waals surface area contributed by atoms with Crippen LogP contribution in [-0.2, 0) is 20.0 Å². The van der Waals surface area contributed by atoms with Crippen molar-refractivity contribution in [3.63, 3.8) is 0 Å². The molecule has 1 heterocycles. The number of carboxylic acid groups (broad SMARTS) is 1. The van der Waals surface area contributed by atoms with Crippen LogP contribution in [0.4, 0.5) is 0 Å². The van der Waals surface area contributed by atoms with E-state index in [-0.39, 0.29) is 10.8 Å². The minimum atomic E-state index is -3.34. The van der Waals surface area contributed by atoms with E-state index in [0.717, 1.165) is 25.7 Å². The molecule has 0 aromatic heterocycles. The van der Waals surface area contributed by atoms with Crippen LogP contribution in [-0.4, -0.2) is 19.5 Å². The van der Waals surface area contributed by atoms with Gasteiger partial charge in [0.25, 0.3) is 0 Å². The lowest BCUT2D eigenvalue weighted by molar-refractivity contribution is -0.145. The van der Waals surface area contributed by atoms with Crippen molar-refractivity contribution >= 4 is 21.9 Å². The second kappa shape index (κ2) is 4.70. The van der Waals surface area contributed by atoms with Crippen molar-refractivity contribution in [2.24, 2.45) is 5.92 Å². The Morgan fingerprint density at radius 2 is 1.95 bits per heavy atom. The van der Waals surface area contributed by atoms with Gasteiger partial charge in [-0.25, -0.2) is 8.42 Å². The predicted molar refractivity (Wildman–Crippen MR) is 79.6 cm³/mol. The average Bonchev–Trinajstić information content (AvgIpc) is 3.06. The van der Waals surface area contributed by atoms with E-state index in [2.05, 4.69) is 0 Å². The fourth-order valence-corrected chi connectivity index (χ4v) is 4.72. The Kier molecular flexibility index (Phi) is 3.20. The fourth-order valence-electron chi connectivity index (χ4n) is 3.53. The van der Waals surface area contributed by atoms with Gasteiger partial charge >= 0.3 is 5.97 Å². The van der Waals surface area contributed by atoms with E-state index in [0.29, 0.717) is 11.1 Å². The van der Waals surface area contributed by atoms with Crippen molar-refractivity contribution in [2.45, 2.75) is 42.9 Å². The number of fused-ring (bicyclic) bond motifs is 1. The Morgan fingerprint density at radius 3 is 2.57 bits per heavy atom. The molecule has 1 aromatic rings. The molecule has 1 aromatic carbocycles. The van der Waals surface area contributed by atoms with Gasteiger partial charge in [-0.15, -0.1) is 0 Å². The maximum Gasteiger partial charge on any atom is 0.314 e. The maximum atomic E-state index is 11.9. The largest absolute Gasteiger partial charge is 0.481 e. The Bertz CT molecular complexity index is 727. The molecule has 0 saturated heterocycles. The first-order chi connectivity index (χ1) is 9.85. The molecular weight excluding hydrogens is 288 g/mol. The fraction of sp³-hybridized carbons (Fsp3) is 0.438. The normalized spacial score (nSPS) is 22.9. The van der Waals surface area contributed by atoms with Crippen molar-refractivity contribution in [3.8, 4) is 0 Å². The first-order valence-corrected chi connectivity index (χ1v) is 8.71. The van der Waals surface area contributed by atoms with Gasteiger partial charge in [-0.05, 0) is 55.0 Å². The average molecular weight is 306 g/mol. The van der Waals surface area contributed by atoms with Gasteiger partial charge in [0, 0.05) is 5.41 Å². The molecule has 1 fully saturated rings. The van der Waals surface area contributed by atoms with Gasteiger partial charge < -0.3 is 5.11 Å². The highest BCUT2D eigenvalue weighted by molar-refractivity contribution is 7.94. The monoisotopic (exact) mass is 306 g/mol. The Labute approximate surface area is 124 Å². The quantitative estimate of drug-likeness (QED) is 0.932. The van der Waals surface area contributed by atoms with Crippen LogP contribution in [0.1, 0.15) is 43.7 Å². The summed E-state index contributed by atoms with van der Waals surface area (Å²) in [5.74, 6) is -0.728. The zero-order chi connectivity index (χ0) is 15.3. The maximum absolute atomic E-state index is 11.9. The molecule has 1 N–H and O–H groups in total. The van der Waals surface area contributed by atoms with Crippen molar-refractivity contribution in [1.82, 2.24) is 0 Å². The minimum Gasteiger partial charge on any atom is -0.481 e.